The van der Waals surface area contributed by atoms with Gasteiger partial charge in [-0.15, -0.1) is 0 Å². The summed E-state index contributed by atoms with van der Waals surface area (Å²) in [6, 6.07) is 7.06. The van der Waals surface area contributed by atoms with Crippen LogP contribution in [0.1, 0.15) is 20.3 Å². The molecule has 2 atom stereocenters. The van der Waals surface area contributed by atoms with Crippen LogP contribution in [-0.4, -0.2) is 25.3 Å². The molecule has 0 bridgehead atoms. The Morgan fingerprint density at radius 1 is 1.29 bits per heavy atom. The molecule has 0 radical (unpaired) electrons. The standard InChI is InChI=1S/C12H16BrNO2S/c1-9-7-10(2)14(8-9)17(15,16)12-6-4-3-5-11(12)13/h3-6,9-10H,7-8H2,1-2H3. The van der Waals surface area contributed by atoms with E-state index in [1.807, 2.05) is 13.0 Å². The molecule has 1 saturated heterocycles. The summed E-state index contributed by atoms with van der Waals surface area (Å²) in [5.74, 6) is 0.433. The number of sulfonamides is 1. The van der Waals surface area contributed by atoms with Gasteiger partial charge in [-0.25, -0.2) is 8.42 Å². The summed E-state index contributed by atoms with van der Waals surface area (Å²) in [6.45, 7) is 4.68. The lowest BCUT2D eigenvalue weighted by Gasteiger charge is -2.21. The SMILES string of the molecule is CC1CC(C)N(S(=O)(=O)c2ccccc2Br)C1. The summed E-state index contributed by atoms with van der Waals surface area (Å²) in [4.78, 5) is 0.362. The Bertz CT molecular complexity index is 515. The largest absolute Gasteiger partial charge is 0.244 e. The summed E-state index contributed by atoms with van der Waals surface area (Å²) in [6.07, 6.45) is 0.934. The highest BCUT2D eigenvalue weighted by molar-refractivity contribution is 9.10. The normalized spacial score (nSPS) is 26.3. The van der Waals surface area contributed by atoms with E-state index < -0.39 is 10.0 Å². The van der Waals surface area contributed by atoms with Gasteiger partial charge in [-0.1, -0.05) is 19.1 Å². The zero-order chi connectivity index (χ0) is 12.6. The molecule has 0 aliphatic carbocycles. The third-order valence-corrected chi connectivity index (χ3v) is 6.14. The van der Waals surface area contributed by atoms with Gasteiger partial charge in [-0.05, 0) is 47.3 Å². The minimum atomic E-state index is -3.37. The molecular weight excluding hydrogens is 302 g/mol. The average Bonchev–Trinajstić information content (AvgIpc) is 2.59. The van der Waals surface area contributed by atoms with Crippen molar-refractivity contribution in [2.75, 3.05) is 6.54 Å². The number of hydrogen-bond acceptors (Lipinski definition) is 2. The third kappa shape index (κ3) is 2.41. The maximum Gasteiger partial charge on any atom is 0.244 e. The highest BCUT2D eigenvalue weighted by atomic mass is 79.9. The molecule has 1 aliphatic heterocycles. The first-order chi connectivity index (χ1) is 7.93. The lowest BCUT2D eigenvalue weighted by atomic mass is 10.1. The average molecular weight is 318 g/mol. The van der Waals surface area contributed by atoms with Crippen molar-refractivity contribution in [3.8, 4) is 0 Å². The first kappa shape index (κ1) is 13.1. The summed E-state index contributed by atoms with van der Waals surface area (Å²) >= 11 is 3.31. The van der Waals surface area contributed by atoms with Crippen molar-refractivity contribution in [1.29, 1.82) is 0 Å². The molecule has 0 spiro atoms. The number of nitrogens with zero attached hydrogens (tertiary/aromatic N) is 1. The van der Waals surface area contributed by atoms with Gasteiger partial charge in [-0.3, -0.25) is 0 Å². The number of rotatable bonds is 2. The van der Waals surface area contributed by atoms with Crippen molar-refractivity contribution < 1.29 is 8.42 Å². The van der Waals surface area contributed by atoms with E-state index in [0.717, 1.165) is 6.42 Å². The zero-order valence-corrected chi connectivity index (χ0v) is 12.3. The van der Waals surface area contributed by atoms with E-state index in [1.54, 1.807) is 22.5 Å². The molecule has 1 heterocycles. The molecule has 0 saturated carbocycles. The van der Waals surface area contributed by atoms with Crippen LogP contribution in [0.25, 0.3) is 0 Å². The van der Waals surface area contributed by atoms with Gasteiger partial charge in [0.25, 0.3) is 0 Å². The van der Waals surface area contributed by atoms with Gasteiger partial charge in [0.15, 0.2) is 0 Å². The minimum Gasteiger partial charge on any atom is -0.207 e. The molecule has 2 rings (SSSR count). The molecule has 1 aromatic rings. The van der Waals surface area contributed by atoms with Crippen LogP contribution in [0, 0.1) is 5.92 Å². The van der Waals surface area contributed by atoms with E-state index in [1.165, 1.54) is 0 Å². The van der Waals surface area contributed by atoms with Gasteiger partial charge in [0.05, 0.1) is 4.90 Å². The molecular formula is C12H16BrNO2S. The van der Waals surface area contributed by atoms with Crippen molar-refractivity contribution in [3.05, 3.63) is 28.7 Å². The quantitative estimate of drug-likeness (QED) is 0.841. The van der Waals surface area contributed by atoms with Gasteiger partial charge >= 0.3 is 0 Å². The van der Waals surface area contributed by atoms with Crippen molar-refractivity contribution in [3.63, 3.8) is 0 Å². The van der Waals surface area contributed by atoms with Gasteiger partial charge in [0.2, 0.25) is 10.0 Å². The van der Waals surface area contributed by atoms with Crippen LogP contribution in [0.2, 0.25) is 0 Å². The highest BCUT2D eigenvalue weighted by Crippen LogP contribution is 2.31. The minimum absolute atomic E-state index is 0.0853. The van der Waals surface area contributed by atoms with Crippen LogP contribution in [0.3, 0.4) is 0 Å². The lowest BCUT2D eigenvalue weighted by Crippen LogP contribution is -2.34. The summed E-state index contributed by atoms with van der Waals surface area (Å²) in [5, 5.41) is 0. The Balaban J connectivity index is 2.41. The molecule has 0 aromatic heterocycles. The van der Waals surface area contributed by atoms with Crippen molar-refractivity contribution >= 4 is 26.0 Å². The summed E-state index contributed by atoms with van der Waals surface area (Å²) in [5.41, 5.74) is 0. The smallest absolute Gasteiger partial charge is 0.207 e. The molecule has 94 valence electrons. The second-order valence-corrected chi connectivity index (χ2v) is 7.41. The van der Waals surface area contributed by atoms with Crippen molar-refractivity contribution in [2.24, 2.45) is 5.92 Å². The Kier molecular flexibility index (Phi) is 3.61. The Morgan fingerprint density at radius 2 is 1.94 bits per heavy atom. The summed E-state index contributed by atoms with van der Waals surface area (Å²) < 4.78 is 27.3. The Morgan fingerprint density at radius 3 is 2.47 bits per heavy atom. The first-order valence-corrected chi connectivity index (χ1v) is 7.92. The molecule has 0 amide bonds. The molecule has 17 heavy (non-hydrogen) atoms. The van der Waals surface area contributed by atoms with Crippen molar-refractivity contribution in [2.45, 2.75) is 31.2 Å². The molecule has 3 nitrogen and oxygen atoms in total. The fraction of sp³-hybridized carbons (Fsp3) is 0.500. The van der Waals surface area contributed by atoms with Crippen LogP contribution in [-0.2, 0) is 10.0 Å². The lowest BCUT2D eigenvalue weighted by molar-refractivity contribution is 0.405. The fourth-order valence-corrected chi connectivity index (χ4v) is 5.10. The highest BCUT2D eigenvalue weighted by Gasteiger charge is 2.36. The zero-order valence-electron chi connectivity index (χ0n) is 9.93. The summed E-state index contributed by atoms with van der Waals surface area (Å²) in [7, 11) is -3.37. The number of halogens is 1. The fourth-order valence-electron chi connectivity index (χ4n) is 2.38. The van der Waals surface area contributed by atoms with Gasteiger partial charge in [-0.2, -0.15) is 4.31 Å². The predicted octanol–water partition coefficient (Wildman–Crippen LogP) is 2.87. The third-order valence-electron chi connectivity index (χ3n) is 3.15. The van der Waals surface area contributed by atoms with E-state index >= 15 is 0 Å². The van der Waals surface area contributed by atoms with Crippen molar-refractivity contribution in [1.82, 2.24) is 4.31 Å². The van der Waals surface area contributed by atoms with Gasteiger partial charge in [0, 0.05) is 17.1 Å². The van der Waals surface area contributed by atoms with E-state index in [2.05, 4.69) is 22.9 Å². The second-order valence-electron chi connectivity index (χ2n) is 4.70. The predicted molar refractivity (Wildman–Crippen MR) is 71.3 cm³/mol. The van der Waals surface area contributed by atoms with Crippen LogP contribution in [0.4, 0.5) is 0 Å². The molecule has 1 fully saturated rings. The second kappa shape index (κ2) is 4.71. The van der Waals surface area contributed by atoms with E-state index in [-0.39, 0.29) is 6.04 Å². The van der Waals surface area contributed by atoms with Crippen LogP contribution >= 0.6 is 15.9 Å². The molecule has 1 aliphatic rings. The van der Waals surface area contributed by atoms with Crippen LogP contribution in [0.5, 0.6) is 0 Å². The van der Waals surface area contributed by atoms with Crippen LogP contribution < -0.4 is 0 Å². The Hall–Kier alpha value is -0.390. The van der Waals surface area contributed by atoms with Crippen LogP contribution in [0.15, 0.2) is 33.6 Å². The Labute approximate surface area is 111 Å². The van der Waals surface area contributed by atoms with E-state index in [0.29, 0.717) is 21.8 Å². The maximum atomic E-state index is 12.5. The molecule has 0 N–H and O–H groups in total. The van der Waals surface area contributed by atoms with Gasteiger partial charge < -0.3 is 0 Å². The molecule has 2 unspecified atom stereocenters. The first-order valence-electron chi connectivity index (χ1n) is 5.69. The topological polar surface area (TPSA) is 37.4 Å². The van der Waals surface area contributed by atoms with Gasteiger partial charge in [0.1, 0.15) is 0 Å². The number of hydrogen-bond donors (Lipinski definition) is 0. The number of benzene rings is 1. The monoisotopic (exact) mass is 317 g/mol. The molecule has 1 aromatic carbocycles. The van der Waals surface area contributed by atoms with E-state index in [4.69, 9.17) is 0 Å². The molecule has 5 heteroatoms. The maximum absolute atomic E-state index is 12.5. The van der Waals surface area contributed by atoms with E-state index in [9.17, 15) is 8.42 Å².